The molecule has 0 aliphatic carbocycles. The minimum Gasteiger partial charge on any atom is -0.288 e. The van der Waals surface area contributed by atoms with Gasteiger partial charge in [0.2, 0.25) is 0 Å². The van der Waals surface area contributed by atoms with Gasteiger partial charge in [0.1, 0.15) is 0 Å². The summed E-state index contributed by atoms with van der Waals surface area (Å²) in [6.07, 6.45) is 0. The quantitative estimate of drug-likeness (QED) is 0.325. The van der Waals surface area contributed by atoms with Gasteiger partial charge in [0.25, 0.3) is 0 Å². The molecule has 1 nitrogen and oxygen atoms in total. The number of hydrogen-bond acceptors (Lipinski definition) is 1. The molecule has 0 saturated heterocycles. The molecule has 0 unspecified atom stereocenters. The van der Waals surface area contributed by atoms with Crippen LogP contribution >= 0.6 is 0 Å². The summed E-state index contributed by atoms with van der Waals surface area (Å²) in [6.45, 7) is 5.59. The minimum absolute atomic E-state index is 0.566. The lowest BCUT2D eigenvalue weighted by Crippen LogP contribution is -1.64. The molecule has 0 spiro atoms. The maximum absolute atomic E-state index is 3.50. The van der Waals surface area contributed by atoms with Gasteiger partial charge in [-0.2, -0.15) is 0 Å². The van der Waals surface area contributed by atoms with Gasteiger partial charge in [-0.25, -0.2) is 0 Å². The third-order valence-electron chi connectivity index (χ3n) is 0.368. The molecule has 0 rings (SSSR count). The summed E-state index contributed by atoms with van der Waals surface area (Å²) in [5.74, 6) is 5.40. The normalized spacial score (nSPS) is 5.50. The number of aliphatic imine (C=N–C) groups is 1. The molecule has 1 heteroatoms. The van der Waals surface area contributed by atoms with Gasteiger partial charge in [0, 0.05) is 0 Å². The fourth-order valence-electron chi connectivity index (χ4n) is 0.135. The van der Waals surface area contributed by atoms with Crippen molar-refractivity contribution in [1.29, 1.82) is 0 Å². The van der Waals surface area contributed by atoms with E-state index in [0.29, 0.717) is 6.54 Å². The summed E-state index contributed by atoms with van der Waals surface area (Å²) in [6, 6.07) is 0. The molecule has 0 fully saturated rings. The van der Waals surface area contributed by atoms with Crippen molar-refractivity contribution in [3.05, 3.63) is 0 Å². The SMILES string of the molecule is C=NCC#CC. The summed E-state index contributed by atoms with van der Waals surface area (Å²) in [7, 11) is 0. The van der Waals surface area contributed by atoms with Crippen molar-refractivity contribution >= 4 is 6.72 Å². The molecule has 0 radical (unpaired) electrons. The highest BCUT2D eigenvalue weighted by Gasteiger charge is 1.54. The summed E-state index contributed by atoms with van der Waals surface area (Å²) in [5, 5.41) is 0. The Hall–Kier alpha value is -0.770. The van der Waals surface area contributed by atoms with Crippen LogP contribution in [-0.2, 0) is 0 Å². The lowest BCUT2D eigenvalue weighted by Gasteiger charge is -1.66. The molecule has 0 amide bonds. The first-order valence-corrected chi connectivity index (χ1v) is 1.74. The Morgan fingerprint density at radius 1 is 1.83 bits per heavy atom. The van der Waals surface area contributed by atoms with Crippen LogP contribution in [-0.4, -0.2) is 13.3 Å². The number of hydrogen-bond donors (Lipinski definition) is 0. The summed E-state index contributed by atoms with van der Waals surface area (Å²) < 4.78 is 0. The molecule has 0 heterocycles. The summed E-state index contributed by atoms with van der Waals surface area (Å²) >= 11 is 0. The molecular formula is C5H7N. The van der Waals surface area contributed by atoms with Gasteiger partial charge in [-0.15, -0.1) is 5.92 Å². The van der Waals surface area contributed by atoms with E-state index in [1.165, 1.54) is 0 Å². The van der Waals surface area contributed by atoms with Gasteiger partial charge in [-0.1, -0.05) is 5.92 Å². The highest BCUT2D eigenvalue weighted by Crippen LogP contribution is 1.56. The summed E-state index contributed by atoms with van der Waals surface area (Å²) in [5.41, 5.74) is 0. The van der Waals surface area contributed by atoms with Gasteiger partial charge in [-0.05, 0) is 13.6 Å². The predicted octanol–water partition coefficient (Wildman–Crippen LogP) is 0.710. The van der Waals surface area contributed by atoms with Gasteiger partial charge < -0.3 is 0 Å². The van der Waals surface area contributed by atoms with Crippen LogP contribution in [0, 0.1) is 11.8 Å². The van der Waals surface area contributed by atoms with E-state index in [1.54, 1.807) is 6.92 Å². The van der Waals surface area contributed by atoms with Crippen molar-refractivity contribution in [1.82, 2.24) is 0 Å². The molecule has 0 aliphatic heterocycles. The monoisotopic (exact) mass is 81.1 g/mol. The van der Waals surface area contributed by atoms with Crippen LogP contribution in [0.25, 0.3) is 0 Å². The van der Waals surface area contributed by atoms with E-state index < -0.39 is 0 Å². The molecule has 0 saturated carbocycles. The Morgan fingerprint density at radius 2 is 2.50 bits per heavy atom. The number of rotatable bonds is 1. The molecule has 0 atom stereocenters. The first-order valence-electron chi connectivity index (χ1n) is 1.74. The Balaban J connectivity index is 3.00. The van der Waals surface area contributed by atoms with Crippen molar-refractivity contribution in [2.45, 2.75) is 6.92 Å². The highest BCUT2D eigenvalue weighted by atomic mass is 14.6. The standard InChI is InChI=1S/C5H7N/c1-3-4-5-6-2/h2,5H2,1H3. The van der Waals surface area contributed by atoms with E-state index in [2.05, 4.69) is 23.6 Å². The van der Waals surface area contributed by atoms with Crippen LogP contribution in [0.15, 0.2) is 4.99 Å². The maximum atomic E-state index is 3.50. The van der Waals surface area contributed by atoms with Crippen LogP contribution in [0.1, 0.15) is 6.92 Å². The smallest absolute Gasteiger partial charge is 0.0990 e. The van der Waals surface area contributed by atoms with Crippen molar-refractivity contribution in [3.8, 4) is 11.8 Å². The average molecular weight is 81.1 g/mol. The fourth-order valence-corrected chi connectivity index (χ4v) is 0.135. The Labute approximate surface area is 38.1 Å². The molecule has 0 aromatic heterocycles. The van der Waals surface area contributed by atoms with Crippen LogP contribution in [0.4, 0.5) is 0 Å². The zero-order chi connectivity index (χ0) is 4.83. The van der Waals surface area contributed by atoms with Crippen molar-refractivity contribution in [3.63, 3.8) is 0 Å². The molecule has 32 valence electrons. The molecule has 6 heavy (non-hydrogen) atoms. The second kappa shape index (κ2) is 4.23. The predicted molar refractivity (Wildman–Crippen MR) is 27.9 cm³/mol. The molecular weight excluding hydrogens is 74.1 g/mol. The molecule has 0 aromatic carbocycles. The van der Waals surface area contributed by atoms with E-state index in [4.69, 9.17) is 0 Å². The van der Waals surface area contributed by atoms with Crippen LogP contribution in [0.2, 0.25) is 0 Å². The molecule has 0 aliphatic rings. The zero-order valence-corrected chi connectivity index (χ0v) is 3.86. The van der Waals surface area contributed by atoms with Crippen molar-refractivity contribution in [2.24, 2.45) is 4.99 Å². The van der Waals surface area contributed by atoms with Crippen LogP contribution in [0.5, 0.6) is 0 Å². The van der Waals surface area contributed by atoms with Gasteiger partial charge in [-0.3, -0.25) is 4.99 Å². The zero-order valence-electron chi connectivity index (χ0n) is 3.86. The Morgan fingerprint density at radius 3 is 2.67 bits per heavy atom. The van der Waals surface area contributed by atoms with Gasteiger partial charge in [0.05, 0.1) is 6.54 Å². The Bertz CT molecular complexity index is 83.8. The second-order valence-corrected chi connectivity index (χ2v) is 0.808. The van der Waals surface area contributed by atoms with E-state index in [1.807, 2.05) is 0 Å². The third kappa shape index (κ3) is 3.23. The maximum Gasteiger partial charge on any atom is 0.0990 e. The minimum atomic E-state index is 0.566. The number of nitrogens with zero attached hydrogens (tertiary/aromatic N) is 1. The van der Waals surface area contributed by atoms with Crippen LogP contribution in [0.3, 0.4) is 0 Å². The fraction of sp³-hybridized carbons (Fsp3) is 0.400. The van der Waals surface area contributed by atoms with Gasteiger partial charge in [0.15, 0.2) is 0 Å². The molecule has 0 N–H and O–H groups in total. The van der Waals surface area contributed by atoms with E-state index in [9.17, 15) is 0 Å². The third-order valence-corrected chi connectivity index (χ3v) is 0.368. The topological polar surface area (TPSA) is 12.4 Å². The first-order chi connectivity index (χ1) is 2.91. The lowest BCUT2D eigenvalue weighted by atomic mass is 10.6. The Kier molecular flexibility index (Phi) is 3.69. The van der Waals surface area contributed by atoms with Crippen molar-refractivity contribution in [2.75, 3.05) is 6.54 Å². The van der Waals surface area contributed by atoms with Gasteiger partial charge >= 0.3 is 0 Å². The average Bonchev–Trinajstić information content (AvgIpc) is 1.61. The highest BCUT2D eigenvalue weighted by molar-refractivity contribution is 5.24. The lowest BCUT2D eigenvalue weighted by molar-refractivity contribution is 1.31. The summed E-state index contributed by atoms with van der Waals surface area (Å²) in [4.78, 5) is 3.50. The molecule has 0 bridgehead atoms. The first kappa shape index (κ1) is 5.23. The van der Waals surface area contributed by atoms with E-state index in [-0.39, 0.29) is 0 Å². The van der Waals surface area contributed by atoms with E-state index >= 15 is 0 Å². The molecule has 0 aromatic rings. The van der Waals surface area contributed by atoms with E-state index in [0.717, 1.165) is 0 Å². The van der Waals surface area contributed by atoms with Crippen molar-refractivity contribution < 1.29 is 0 Å². The van der Waals surface area contributed by atoms with Crippen LogP contribution < -0.4 is 0 Å². The largest absolute Gasteiger partial charge is 0.288 e. The second-order valence-electron chi connectivity index (χ2n) is 0.808.